The van der Waals surface area contributed by atoms with E-state index in [4.69, 9.17) is 15.9 Å². The van der Waals surface area contributed by atoms with Gasteiger partial charge in [-0.1, -0.05) is 0 Å². The van der Waals surface area contributed by atoms with Crippen molar-refractivity contribution >= 4 is 35.6 Å². The number of carbonyl (C=O) groups is 6. The van der Waals surface area contributed by atoms with Crippen LogP contribution in [0, 0.1) is 0 Å². The summed E-state index contributed by atoms with van der Waals surface area (Å²) in [6, 6.07) is -6.01. The van der Waals surface area contributed by atoms with Crippen molar-refractivity contribution in [1.29, 1.82) is 0 Å². The quantitative estimate of drug-likeness (QED) is 0.111. The number of H-pyrrole nitrogens is 2. The van der Waals surface area contributed by atoms with E-state index in [1.165, 1.54) is 25.0 Å². The predicted octanol–water partition coefficient (Wildman–Crippen LogP) is -3.27. The van der Waals surface area contributed by atoms with Crippen LogP contribution in [-0.2, 0) is 41.6 Å². The topological polar surface area (TPSA) is 283 Å². The first-order chi connectivity index (χ1) is 17.5. The average Bonchev–Trinajstić information content (AvgIpc) is 3.51. The third-order valence-electron chi connectivity index (χ3n) is 4.95. The zero-order valence-corrected chi connectivity index (χ0v) is 19.2. The van der Waals surface area contributed by atoms with E-state index < -0.39 is 72.6 Å². The highest BCUT2D eigenvalue weighted by molar-refractivity contribution is 5.95. The summed E-state index contributed by atoms with van der Waals surface area (Å²) in [5, 5.41) is 33.9. The van der Waals surface area contributed by atoms with Gasteiger partial charge in [-0.15, -0.1) is 0 Å². The van der Waals surface area contributed by atoms with Crippen LogP contribution in [0.2, 0.25) is 0 Å². The summed E-state index contributed by atoms with van der Waals surface area (Å²) in [5.41, 5.74) is 6.37. The van der Waals surface area contributed by atoms with Gasteiger partial charge in [0, 0.05) is 36.6 Å². The molecule has 17 heteroatoms. The lowest BCUT2D eigenvalue weighted by atomic mass is 10.1. The Hall–Kier alpha value is -4.80. The third kappa shape index (κ3) is 9.40. The van der Waals surface area contributed by atoms with Crippen molar-refractivity contribution in [3.8, 4) is 0 Å². The van der Waals surface area contributed by atoms with Gasteiger partial charge in [-0.25, -0.2) is 14.8 Å². The molecule has 0 bridgehead atoms. The summed E-state index contributed by atoms with van der Waals surface area (Å²) in [4.78, 5) is 84.8. The largest absolute Gasteiger partial charge is 0.481 e. The predicted molar refractivity (Wildman–Crippen MR) is 120 cm³/mol. The van der Waals surface area contributed by atoms with Gasteiger partial charge in [0.15, 0.2) is 0 Å². The highest BCUT2D eigenvalue weighted by Crippen LogP contribution is 2.05. The molecule has 10 N–H and O–H groups in total. The molecule has 2 aromatic heterocycles. The Kier molecular flexibility index (Phi) is 10.2. The van der Waals surface area contributed by atoms with Crippen LogP contribution >= 0.6 is 0 Å². The second-order valence-electron chi connectivity index (χ2n) is 7.89. The number of aliphatic carboxylic acids is 3. The summed E-state index contributed by atoms with van der Waals surface area (Å²) in [6.07, 6.45) is 3.41. The molecule has 2 rings (SSSR count). The molecular weight excluding hydrogens is 496 g/mol. The lowest BCUT2D eigenvalue weighted by molar-refractivity contribution is -0.147. The zero-order valence-electron chi connectivity index (χ0n) is 19.2. The molecule has 37 heavy (non-hydrogen) atoms. The van der Waals surface area contributed by atoms with Crippen LogP contribution < -0.4 is 21.7 Å². The van der Waals surface area contributed by atoms with Crippen LogP contribution in [0.3, 0.4) is 0 Å². The molecule has 0 aliphatic rings. The molecule has 0 aromatic carbocycles. The maximum atomic E-state index is 13.2. The second kappa shape index (κ2) is 13.3. The van der Waals surface area contributed by atoms with Crippen molar-refractivity contribution in [3.05, 3.63) is 36.4 Å². The van der Waals surface area contributed by atoms with Gasteiger partial charge < -0.3 is 47.0 Å². The first kappa shape index (κ1) is 28.4. The fourth-order valence-corrected chi connectivity index (χ4v) is 3.13. The van der Waals surface area contributed by atoms with Gasteiger partial charge in [0.05, 0.1) is 31.5 Å². The van der Waals surface area contributed by atoms with Crippen molar-refractivity contribution in [1.82, 2.24) is 35.9 Å². The van der Waals surface area contributed by atoms with E-state index in [1.807, 2.05) is 0 Å². The number of nitrogens with zero attached hydrogens (tertiary/aromatic N) is 2. The minimum atomic E-state index is -1.78. The Morgan fingerprint density at radius 1 is 0.730 bits per heavy atom. The van der Waals surface area contributed by atoms with E-state index in [2.05, 4.69) is 35.9 Å². The summed E-state index contributed by atoms with van der Waals surface area (Å²) in [7, 11) is 0. The molecule has 0 aliphatic heterocycles. The summed E-state index contributed by atoms with van der Waals surface area (Å²) in [5.74, 6) is -7.24. The molecule has 0 saturated carbocycles. The van der Waals surface area contributed by atoms with Crippen LogP contribution in [0.25, 0.3) is 0 Å². The monoisotopic (exact) mass is 522 g/mol. The first-order valence-corrected chi connectivity index (χ1v) is 10.7. The van der Waals surface area contributed by atoms with Crippen LogP contribution in [-0.4, -0.2) is 95.1 Å². The number of imidazole rings is 2. The molecule has 0 spiro atoms. The van der Waals surface area contributed by atoms with Crippen LogP contribution in [0.5, 0.6) is 0 Å². The van der Waals surface area contributed by atoms with Crippen LogP contribution in [0.1, 0.15) is 24.2 Å². The molecule has 0 saturated heterocycles. The van der Waals surface area contributed by atoms with Crippen molar-refractivity contribution in [2.45, 2.75) is 49.9 Å². The SMILES string of the molecule is NC(CC(=O)O)C(=O)NC(Cc1cnc[nH]1)C(=O)NC(Cc1cnc[nH]1)C(=O)NC(CC(=O)O)C(=O)O. The summed E-state index contributed by atoms with van der Waals surface area (Å²) >= 11 is 0. The molecular formula is C20H26N8O9. The molecule has 0 radical (unpaired) electrons. The number of aromatic nitrogens is 4. The Bertz CT molecular complexity index is 1100. The number of carboxylic acid groups (broad SMARTS) is 3. The number of rotatable bonds is 15. The summed E-state index contributed by atoms with van der Waals surface area (Å²) < 4.78 is 0. The lowest BCUT2D eigenvalue weighted by Crippen LogP contribution is -2.58. The highest BCUT2D eigenvalue weighted by atomic mass is 16.4. The van der Waals surface area contributed by atoms with Crippen LogP contribution in [0.4, 0.5) is 0 Å². The molecule has 200 valence electrons. The smallest absolute Gasteiger partial charge is 0.326 e. The number of carbonyl (C=O) groups excluding carboxylic acids is 3. The van der Waals surface area contributed by atoms with E-state index in [9.17, 15) is 33.9 Å². The second-order valence-corrected chi connectivity index (χ2v) is 7.89. The van der Waals surface area contributed by atoms with Gasteiger partial charge in [0.1, 0.15) is 18.1 Å². The molecule has 0 aliphatic carbocycles. The molecule has 2 heterocycles. The molecule has 4 unspecified atom stereocenters. The van der Waals surface area contributed by atoms with E-state index in [-0.39, 0.29) is 12.8 Å². The lowest BCUT2D eigenvalue weighted by Gasteiger charge is -2.24. The van der Waals surface area contributed by atoms with Crippen molar-refractivity contribution < 1.29 is 44.1 Å². The van der Waals surface area contributed by atoms with Crippen LogP contribution in [0.15, 0.2) is 25.0 Å². The van der Waals surface area contributed by atoms with Crippen molar-refractivity contribution in [3.63, 3.8) is 0 Å². The fraction of sp³-hybridized carbons (Fsp3) is 0.400. The Morgan fingerprint density at radius 3 is 1.54 bits per heavy atom. The van der Waals surface area contributed by atoms with E-state index in [0.717, 1.165) is 0 Å². The zero-order chi connectivity index (χ0) is 27.5. The molecule has 2 aromatic rings. The van der Waals surface area contributed by atoms with Gasteiger partial charge in [-0.2, -0.15) is 0 Å². The third-order valence-corrected chi connectivity index (χ3v) is 4.95. The maximum absolute atomic E-state index is 13.2. The number of nitrogens with one attached hydrogen (secondary N) is 5. The Labute approximate surface area is 208 Å². The number of hydrogen-bond acceptors (Lipinski definition) is 9. The number of nitrogens with two attached hydrogens (primary N) is 1. The van der Waals surface area contributed by atoms with Gasteiger partial charge in [-0.3, -0.25) is 24.0 Å². The molecule has 17 nitrogen and oxygen atoms in total. The van der Waals surface area contributed by atoms with Gasteiger partial charge in [0.2, 0.25) is 17.7 Å². The number of amides is 3. The van der Waals surface area contributed by atoms with Crippen molar-refractivity contribution in [2.24, 2.45) is 5.73 Å². The number of hydrogen-bond donors (Lipinski definition) is 9. The molecule has 4 atom stereocenters. The minimum absolute atomic E-state index is 0.146. The Morgan fingerprint density at radius 2 is 1.16 bits per heavy atom. The molecule has 3 amide bonds. The van der Waals surface area contributed by atoms with Gasteiger partial charge >= 0.3 is 17.9 Å². The number of carboxylic acids is 3. The summed E-state index contributed by atoms with van der Waals surface area (Å²) in [6.45, 7) is 0. The standard InChI is InChI=1S/C20H26N8O9/c21-11(3-15(29)30)17(33)26-12(1-9-5-22-7-24-9)18(34)27-13(2-10-6-23-8-25-10)19(35)28-14(20(36)37)4-16(31)32/h5-8,11-14H,1-4,21H2,(H,22,24)(H,23,25)(H,26,33)(H,27,34)(H,28,35)(H,29,30)(H,31,32)(H,36,37). The van der Waals surface area contributed by atoms with Crippen molar-refractivity contribution in [2.75, 3.05) is 0 Å². The normalized spacial score (nSPS) is 14.0. The maximum Gasteiger partial charge on any atom is 0.326 e. The number of aromatic amines is 2. The minimum Gasteiger partial charge on any atom is -0.481 e. The van der Waals surface area contributed by atoms with E-state index >= 15 is 0 Å². The fourth-order valence-electron chi connectivity index (χ4n) is 3.13. The molecule has 0 fully saturated rings. The van der Waals surface area contributed by atoms with E-state index in [1.54, 1.807) is 0 Å². The van der Waals surface area contributed by atoms with Gasteiger partial charge in [0.25, 0.3) is 0 Å². The first-order valence-electron chi connectivity index (χ1n) is 10.7. The Balaban J connectivity index is 2.24. The highest BCUT2D eigenvalue weighted by Gasteiger charge is 2.32. The van der Waals surface area contributed by atoms with E-state index in [0.29, 0.717) is 11.4 Å². The average molecular weight is 522 g/mol. The van der Waals surface area contributed by atoms with Gasteiger partial charge in [-0.05, 0) is 0 Å².